The summed E-state index contributed by atoms with van der Waals surface area (Å²) in [7, 11) is -3.99. The smallest absolute Gasteiger partial charge is 0.212 e. The molecule has 23 heavy (non-hydrogen) atoms. The van der Waals surface area contributed by atoms with Crippen LogP contribution in [0.2, 0.25) is 5.02 Å². The first-order chi connectivity index (χ1) is 10.6. The van der Waals surface area contributed by atoms with Crippen LogP contribution >= 0.6 is 11.6 Å². The Morgan fingerprint density at radius 1 is 0.957 bits per heavy atom. The van der Waals surface area contributed by atoms with Crippen molar-refractivity contribution in [1.82, 2.24) is 0 Å². The van der Waals surface area contributed by atoms with Crippen LogP contribution in [0.4, 0.5) is 22.0 Å². The van der Waals surface area contributed by atoms with Gasteiger partial charge in [0, 0.05) is 0 Å². The van der Waals surface area contributed by atoms with Crippen LogP contribution in [-0.4, -0.2) is 15.5 Å². The average Bonchev–Trinajstić information content (AvgIpc) is 2.50. The fourth-order valence-electron chi connectivity index (χ4n) is 1.75. The van der Waals surface area contributed by atoms with Gasteiger partial charge in [0.05, 0.1) is 12.0 Å². The van der Waals surface area contributed by atoms with E-state index in [0.717, 1.165) is 19.2 Å². The third-order valence-corrected chi connectivity index (χ3v) is 4.97. The molecule has 124 valence electrons. The van der Waals surface area contributed by atoms with E-state index in [1.54, 1.807) is 0 Å². The Labute approximate surface area is 132 Å². The quantitative estimate of drug-likeness (QED) is 0.466. The largest absolute Gasteiger partial charge is 0.494 e. The molecule has 0 N–H and O–H groups in total. The standard InChI is InChI=1S/C13H6ClF5O3S/c1-22-7-3-2-5(4-6(7)15)23(20,21)13-11(18)9(16)8(14)10(17)12(13)19/h2-4H,1H3. The molecule has 0 aliphatic heterocycles. The molecule has 3 nitrogen and oxygen atoms in total. The minimum absolute atomic E-state index is 0.335. The maximum absolute atomic E-state index is 13.8. The van der Waals surface area contributed by atoms with Crippen molar-refractivity contribution in [2.75, 3.05) is 7.11 Å². The predicted molar refractivity (Wildman–Crippen MR) is 69.7 cm³/mol. The fraction of sp³-hybridized carbons (Fsp3) is 0.0769. The van der Waals surface area contributed by atoms with Gasteiger partial charge >= 0.3 is 0 Å². The molecule has 0 radical (unpaired) electrons. The van der Waals surface area contributed by atoms with E-state index < -0.39 is 53.7 Å². The molecular weight excluding hydrogens is 367 g/mol. The lowest BCUT2D eigenvalue weighted by atomic mass is 10.3. The Kier molecular flexibility index (Phi) is 4.54. The first-order valence-electron chi connectivity index (χ1n) is 5.73. The fourth-order valence-corrected chi connectivity index (χ4v) is 3.31. The van der Waals surface area contributed by atoms with Crippen LogP contribution in [0.15, 0.2) is 28.0 Å². The summed E-state index contributed by atoms with van der Waals surface area (Å²) < 4.78 is 96.8. The van der Waals surface area contributed by atoms with Crippen LogP contribution < -0.4 is 4.74 Å². The zero-order valence-corrected chi connectivity index (χ0v) is 12.7. The van der Waals surface area contributed by atoms with Crippen molar-refractivity contribution in [3.63, 3.8) is 0 Å². The molecule has 10 heteroatoms. The highest BCUT2D eigenvalue weighted by atomic mass is 35.5. The minimum Gasteiger partial charge on any atom is -0.494 e. The molecule has 0 heterocycles. The van der Waals surface area contributed by atoms with E-state index in [4.69, 9.17) is 11.6 Å². The van der Waals surface area contributed by atoms with Crippen molar-refractivity contribution in [2.45, 2.75) is 9.79 Å². The van der Waals surface area contributed by atoms with E-state index >= 15 is 0 Å². The van der Waals surface area contributed by atoms with Crippen LogP contribution in [-0.2, 0) is 9.84 Å². The molecule has 0 saturated carbocycles. The summed E-state index contributed by atoms with van der Waals surface area (Å²) in [6.07, 6.45) is 0. The normalized spacial score (nSPS) is 11.6. The molecule has 0 unspecified atom stereocenters. The molecule has 2 rings (SSSR count). The third kappa shape index (κ3) is 2.74. The maximum Gasteiger partial charge on any atom is 0.212 e. The zero-order valence-electron chi connectivity index (χ0n) is 11.1. The monoisotopic (exact) mass is 372 g/mol. The van der Waals surface area contributed by atoms with E-state index in [2.05, 4.69) is 4.74 Å². The maximum atomic E-state index is 13.8. The van der Waals surface area contributed by atoms with Gasteiger partial charge in [-0.25, -0.2) is 30.4 Å². The summed E-state index contributed by atoms with van der Waals surface area (Å²) in [4.78, 5) is -2.82. The van der Waals surface area contributed by atoms with Crippen LogP contribution in [0.5, 0.6) is 5.75 Å². The van der Waals surface area contributed by atoms with Gasteiger partial charge in [0.2, 0.25) is 9.84 Å². The average molecular weight is 373 g/mol. The summed E-state index contributed by atoms with van der Waals surface area (Å²) in [5.41, 5.74) is 0. The molecule has 0 atom stereocenters. The van der Waals surface area contributed by atoms with Crippen LogP contribution in [0.25, 0.3) is 0 Å². The lowest BCUT2D eigenvalue weighted by molar-refractivity contribution is 0.385. The molecule has 0 amide bonds. The zero-order chi connectivity index (χ0) is 17.5. The second-order valence-corrected chi connectivity index (χ2v) is 6.46. The van der Waals surface area contributed by atoms with Gasteiger partial charge in [0.15, 0.2) is 34.8 Å². The van der Waals surface area contributed by atoms with Crippen molar-refractivity contribution < 1.29 is 35.1 Å². The van der Waals surface area contributed by atoms with Gasteiger partial charge in [-0.1, -0.05) is 11.6 Å². The Bertz CT molecular complexity index is 870. The number of hydrogen-bond acceptors (Lipinski definition) is 3. The minimum atomic E-state index is -5.09. The molecule has 0 bridgehead atoms. The SMILES string of the molecule is COc1ccc(S(=O)(=O)c2c(F)c(F)c(Cl)c(F)c2F)cc1F. The molecule has 0 aromatic heterocycles. The van der Waals surface area contributed by atoms with E-state index in [0.29, 0.717) is 6.07 Å². The Hall–Kier alpha value is -1.87. The van der Waals surface area contributed by atoms with E-state index in [9.17, 15) is 30.4 Å². The van der Waals surface area contributed by atoms with Gasteiger partial charge in [-0.05, 0) is 18.2 Å². The van der Waals surface area contributed by atoms with Crippen LogP contribution in [0.1, 0.15) is 0 Å². The van der Waals surface area contributed by atoms with Crippen LogP contribution in [0, 0.1) is 29.1 Å². The number of methoxy groups -OCH3 is 1. The molecular formula is C13H6ClF5O3S. The molecule has 0 aliphatic rings. The second-order valence-electron chi connectivity index (χ2n) is 4.20. The highest BCUT2D eigenvalue weighted by molar-refractivity contribution is 7.91. The summed E-state index contributed by atoms with van der Waals surface area (Å²) in [5.74, 6) is -10.0. The topological polar surface area (TPSA) is 43.4 Å². The molecule has 0 saturated heterocycles. The lowest BCUT2D eigenvalue weighted by Gasteiger charge is -2.10. The summed E-state index contributed by atoms with van der Waals surface area (Å²) in [5, 5.41) is -1.53. The number of rotatable bonds is 3. The Balaban J connectivity index is 2.78. The van der Waals surface area contributed by atoms with E-state index in [1.165, 1.54) is 0 Å². The summed E-state index contributed by atoms with van der Waals surface area (Å²) in [6.45, 7) is 0. The Morgan fingerprint density at radius 2 is 1.48 bits per heavy atom. The van der Waals surface area contributed by atoms with Gasteiger partial charge in [-0.15, -0.1) is 0 Å². The van der Waals surface area contributed by atoms with Gasteiger partial charge in [0.25, 0.3) is 0 Å². The van der Waals surface area contributed by atoms with Gasteiger partial charge in [-0.2, -0.15) is 0 Å². The Morgan fingerprint density at radius 3 is 1.91 bits per heavy atom. The predicted octanol–water partition coefficient (Wildman–Crippen LogP) is 3.88. The third-order valence-electron chi connectivity index (χ3n) is 2.87. The van der Waals surface area contributed by atoms with Crippen LogP contribution in [0.3, 0.4) is 0 Å². The molecule has 0 aliphatic carbocycles. The molecule has 0 spiro atoms. The second kappa shape index (κ2) is 5.97. The lowest BCUT2D eigenvalue weighted by Crippen LogP contribution is -2.12. The number of sulfone groups is 1. The van der Waals surface area contributed by atoms with Gasteiger partial charge < -0.3 is 4.74 Å². The number of ether oxygens (including phenoxy) is 1. The van der Waals surface area contributed by atoms with Crippen molar-refractivity contribution in [3.05, 3.63) is 52.3 Å². The van der Waals surface area contributed by atoms with Crippen molar-refractivity contribution in [3.8, 4) is 5.75 Å². The number of hydrogen-bond donors (Lipinski definition) is 0. The van der Waals surface area contributed by atoms with Crippen molar-refractivity contribution in [1.29, 1.82) is 0 Å². The van der Waals surface area contributed by atoms with Gasteiger partial charge in [-0.3, -0.25) is 0 Å². The van der Waals surface area contributed by atoms with E-state index in [1.807, 2.05) is 0 Å². The first-order valence-corrected chi connectivity index (χ1v) is 7.59. The molecule has 2 aromatic carbocycles. The number of benzene rings is 2. The highest BCUT2D eigenvalue weighted by Gasteiger charge is 2.34. The first kappa shape index (κ1) is 17.5. The van der Waals surface area contributed by atoms with Crippen molar-refractivity contribution >= 4 is 21.4 Å². The number of halogens is 6. The summed E-state index contributed by atoms with van der Waals surface area (Å²) >= 11 is 5.02. The molecule has 0 fully saturated rings. The summed E-state index contributed by atoms with van der Waals surface area (Å²) in [6, 6.07) is 2.04. The molecule has 2 aromatic rings. The highest BCUT2D eigenvalue weighted by Crippen LogP contribution is 2.34. The van der Waals surface area contributed by atoms with Gasteiger partial charge in [0.1, 0.15) is 9.92 Å². The van der Waals surface area contributed by atoms with Crippen molar-refractivity contribution in [2.24, 2.45) is 0 Å². The van der Waals surface area contributed by atoms with E-state index in [-0.39, 0.29) is 5.75 Å².